The van der Waals surface area contributed by atoms with E-state index in [1.165, 1.54) is 40.0 Å². The van der Waals surface area contributed by atoms with Gasteiger partial charge in [0.25, 0.3) is 5.91 Å². The van der Waals surface area contributed by atoms with Gasteiger partial charge >= 0.3 is 0 Å². The average Bonchev–Trinajstić information content (AvgIpc) is 2.51. The summed E-state index contributed by atoms with van der Waals surface area (Å²) in [5.41, 5.74) is -0.114. The lowest BCUT2D eigenvalue weighted by Gasteiger charge is -2.41. The molecule has 0 atom stereocenters. The minimum atomic E-state index is -0.625. The highest BCUT2D eigenvalue weighted by Crippen LogP contribution is 2.25. The van der Waals surface area contributed by atoms with Crippen LogP contribution in [0.5, 0.6) is 17.2 Å². The van der Waals surface area contributed by atoms with Gasteiger partial charge in [0.05, 0.1) is 6.54 Å². The van der Waals surface area contributed by atoms with Crippen molar-refractivity contribution < 1.29 is 20.1 Å². The van der Waals surface area contributed by atoms with Gasteiger partial charge in [0, 0.05) is 24.4 Å². The molecular formula is C17H19N3O5. The molecule has 0 bridgehead atoms. The van der Waals surface area contributed by atoms with E-state index in [0.717, 1.165) is 0 Å². The number of phenolic OH excluding ortho intramolecular Hbond substituents is 2. The van der Waals surface area contributed by atoms with E-state index in [2.05, 4.69) is 0 Å². The zero-order chi connectivity index (χ0) is 18.3. The topological polar surface area (TPSA) is 106 Å². The number of amides is 1. The zero-order valence-corrected chi connectivity index (χ0v) is 13.9. The molecule has 0 unspecified atom stereocenters. The Kier molecular flexibility index (Phi) is 4.03. The van der Waals surface area contributed by atoms with E-state index < -0.39 is 17.1 Å². The predicted molar refractivity (Wildman–Crippen MR) is 90.2 cm³/mol. The number of carbonyl (C=O) groups excluding carboxylic acids is 1. The first kappa shape index (κ1) is 16.7. The molecule has 0 saturated heterocycles. The number of pyridine rings is 1. The van der Waals surface area contributed by atoms with Crippen molar-refractivity contribution in [2.24, 2.45) is 0 Å². The Labute approximate surface area is 143 Å². The Hall–Kier alpha value is -3.16. The normalized spacial score (nSPS) is 14.1. The van der Waals surface area contributed by atoms with Crippen molar-refractivity contribution in [1.82, 2.24) is 9.58 Å². The SMILES string of the molecule is CC(C)N1CN(Cc2cc(O)cc(O)c2)n2ccc(=O)c(O)c2C1=O. The van der Waals surface area contributed by atoms with Crippen LogP contribution in [-0.2, 0) is 6.54 Å². The maximum Gasteiger partial charge on any atom is 0.278 e. The number of fused-ring (bicyclic) bond motifs is 1. The highest BCUT2D eigenvalue weighted by atomic mass is 16.3. The molecule has 1 amide bonds. The van der Waals surface area contributed by atoms with Gasteiger partial charge in [0.15, 0.2) is 11.4 Å². The van der Waals surface area contributed by atoms with Crippen LogP contribution in [0.3, 0.4) is 0 Å². The van der Waals surface area contributed by atoms with Gasteiger partial charge in [0.1, 0.15) is 18.2 Å². The summed E-state index contributed by atoms with van der Waals surface area (Å²) in [7, 11) is 0. The summed E-state index contributed by atoms with van der Waals surface area (Å²) in [5.74, 6) is -1.18. The van der Waals surface area contributed by atoms with Crippen molar-refractivity contribution in [1.29, 1.82) is 0 Å². The minimum absolute atomic E-state index is 0.0771. The molecule has 2 aromatic rings. The van der Waals surface area contributed by atoms with Crippen molar-refractivity contribution in [3.63, 3.8) is 0 Å². The van der Waals surface area contributed by atoms with Gasteiger partial charge in [-0.1, -0.05) is 0 Å². The largest absolute Gasteiger partial charge is 0.508 e. The Morgan fingerprint density at radius 3 is 2.32 bits per heavy atom. The molecule has 0 radical (unpaired) electrons. The third kappa shape index (κ3) is 2.98. The highest BCUT2D eigenvalue weighted by molar-refractivity contribution is 5.96. The molecule has 0 saturated carbocycles. The monoisotopic (exact) mass is 345 g/mol. The molecule has 1 aliphatic rings. The van der Waals surface area contributed by atoms with E-state index >= 15 is 0 Å². The minimum Gasteiger partial charge on any atom is -0.508 e. The van der Waals surface area contributed by atoms with Gasteiger partial charge in [-0.3, -0.25) is 19.3 Å². The van der Waals surface area contributed by atoms with Crippen LogP contribution in [0, 0.1) is 0 Å². The van der Waals surface area contributed by atoms with Crippen LogP contribution in [0.2, 0.25) is 0 Å². The Bertz CT molecular complexity index is 870. The standard InChI is InChI=1S/C17H19N3O5/c1-10(2)19-9-18(8-11-5-12(21)7-13(22)6-11)20-4-3-14(23)16(24)15(20)17(19)25/h3-7,10,21-22,24H,8-9H2,1-2H3. The molecule has 1 aliphatic heterocycles. The molecule has 1 aromatic heterocycles. The molecular weight excluding hydrogens is 326 g/mol. The summed E-state index contributed by atoms with van der Waals surface area (Å²) in [6, 6.07) is 5.26. The Morgan fingerprint density at radius 2 is 1.72 bits per heavy atom. The van der Waals surface area contributed by atoms with Crippen LogP contribution in [0.4, 0.5) is 0 Å². The first-order valence-corrected chi connectivity index (χ1v) is 7.80. The molecule has 0 fully saturated rings. The number of hydrogen-bond acceptors (Lipinski definition) is 6. The molecule has 8 nitrogen and oxygen atoms in total. The van der Waals surface area contributed by atoms with Crippen molar-refractivity contribution in [3.8, 4) is 17.2 Å². The molecule has 3 N–H and O–H groups in total. The molecule has 2 heterocycles. The second kappa shape index (κ2) is 6.04. The molecule has 1 aromatic carbocycles. The van der Waals surface area contributed by atoms with Crippen LogP contribution >= 0.6 is 0 Å². The van der Waals surface area contributed by atoms with E-state index in [0.29, 0.717) is 5.56 Å². The fraction of sp³-hybridized carbons (Fsp3) is 0.294. The van der Waals surface area contributed by atoms with Crippen molar-refractivity contribution in [2.45, 2.75) is 26.4 Å². The lowest BCUT2D eigenvalue weighted by atomic mass is 10.2. The molecule has 25 heavy (non-hydrogen) atoms. The van der Waals surface area contributed by atoms with Crippen molar-refractivity contribution >= 4 is 5.91 Å². The average molecular weight is 345 g/mol. The summed E-state index contributed by atoms with van der Waals surface area (Å²) < 4.78 is 1.43. The third-order valence-corrected chi connectivity index (χ3v) is 4.09. The van der Waals surface area contributed by atoms with E-state index in [9.17, 15) is 24.9 Å². The highest BCUT2D eigenvalue weighted by Gasteiger charge is 2.33. The summed E-state index contributed by atoms with van der Waals surface area (Å²) in [6.45, 7) is 4.14. The lowest BCUT2D eigenvalue weighted by Crippen LogP contribution is -2.55. The summed E-state index contributed by atoms with van der Waals surface area (Å²) in [4.78, 5) is 25.9. The zero-order valence-electron chi connectivity index (χ0n) is 13.9. The van der Waals surface area contributed by atoms with Crippen LogP contribution in [0.15, 0.2) is 35.3 Å². The number of nitrogens with zero attached hydrogens (tertiary/aromatic N) is 3. The summed E-state index contributed by atoms with van der Waals surface area (Å²) in [6.07, 6.45) is 1.43. The van der Waals surface area contributed by atoms with Crippen molar-refractivity contribution in [2.75, 3.05) is 11.7 Å². The number of hydrogen-bond donors (Lipinski definition) is 3. The van der Waals surface area contributed by atoms with Gasteiger partial charge in [0.2, 0.25) is 5.43 Å². The van der Waals surface area contributed by atoms with Crippen LogP contribution in [0.25, 0.3) is 0 Å². The van der Waals surface area contributed by atoms with Gasteiger partial charge in [-0.15, -0.1) is 0 Å². The first-order valence-electron chi connectivity index (χ1n) is 7.80. The second-order valence-electron chi connectivity index (χ2n) is 6.25. The van der Waals surface area contributed by atoms with Crippen LogP contribution in [-0.4, -0.2) is 43.5 Å². The van der Waals surface area contributed by atoms with Crippen molar-refractivity contribution in [3.05, 3.63) is 51.9 Å². The molecule has 0 aliphatic carbocycles. The summed E-state index contributed by atoms with van der Waals surface area (Å²) in [5, 5.41) is 31.1. The van der Waals surface area contributed by atoms with E-state index in [-0.39, 0.29) is 36.4 Å². The van der Waals surface area contributed by atoms with Gasteiger partial charge < -0.3 is 20.2 Å². The van der Waals surface area contributed by atoms with Gasteiger partial charge in [-0.25, -0.2) is 0 Å². The molecule has 132 valence electrons. The second-order valence-corrected chi connectivity index (χ2v) is 6.25. The maximum atomic E-state index is 12.6. The maximum absolute atomic E-state index is 12.6. The quantitative estimate of drug-likeness (QED) is 0.764. The van der Waals surface area contributed by atoms with E-state index in [4.69, 9.17) is 0 Å². The number of aromatic nitrogens is 1. The van der Waals surface area contributed by atoms with Crippen LogP contribution < -0.4 is 10.4 Å². The van der Waals surface area contributed by atoms with E-state index in [1.807, 2.05) is 13.8 Å². The number of aromatic hydroxyl groups is 3. The van der Waals surface area contributed by atoms with Gasteiger partial charge in [-0.05, 0) is 31.5 Å². The molecule has 3 rings (SSSR count). The number of carbonyl (C=O) groups is 1. The van der Waals surface area contributed by atoms with Crippen LogP contribution in [0.1, 0.15) is 29.9 Å². The number of benzene rings is 1. The van der Waals surface area contributed by atoms with Gasteiger partial charge in [-0.2, -0.15) is 0 Å². The number of phenols is 2. The fourth-order valence-corrected chi connectivity index (χ4v) is 2.88. The molecule has 8 heteroatoms. The fourth-order valence-electron chi connectivity index (χ4n) is 2.88. The van der Waals surface area contributed by atoms with E-state index in [1.54, 1.807) is 5.01 Å². The first-order chi connectivity index (χ1) is 11.8. The summed E-state index contributed by atoms with van der Waals surface area (Å²) >= 11 is 0. The molecule has 0 spiro atoms. The Balaban J connectivity index is 2.08. The smallest absolute Gasteiger partial charge is 0.278 e. The lowest BCUT2D eigenvalue weighted by molar-refractivity contribution is 0.0627. The third-order valence-electron chi connectivity index (χ3n) is 4.09. The predicted octanol–water partition coefficient (Wildman–Crippen LogP) is 0.925. The Morgan fingerprint density at radius 1 is 1.08 bits per heavy atom. The number of rotatable bonds is 3.